The molecule has 84 valence electrons. The predicted octanol–water partition coefficient (Wildman–Crippen LogP) is 4.94. The van der Waals surface area contributed by atoms with Crippen LogP contribution in [0.2, 0.25) is 5.02 Å². The fourth-order valence-electron chi connectivity index (χ4n) is 1.82. The van der Waals surface area contributed by atoms with Gasteiger partial charge in [0.2, 0.25) is 0 Å². The van der Waals surface area contributed by atoms with Crippen LogP contribution in [0, 0.1) is 11.8 Å². The van der Waals surface area contributed by atoms with E-state index in [9.17, 15) is 0 Å². The average Bonchev–Trinajstić information content (AvgIpc) is 2.19. The third kappa shape index (κ3) is 5.03. The van der Waals surface area contributed by atoms with Crippen LogP contribution in [-0.2, 0) is 6.42 Å². The van der Waals surface area contributed by atoms with E-state index in [4.69, 9.17) is 11.6 Å². The van der Waals surface area contributed by atoms with E-state index < -0.39 is 0 Å². The minimum absolute atomic E-state index is 0.728. The minimum atomic E-state index is 0.728. The van der Waals surface area contributed by atoms with Crippen molar-refractivity contribution in [3.8, 4) is 0 Å². The molecule has 1 rings (SSSR count). The highest BCUT2D eigenvalue weighted by molar-refractivity contribution is 9.09. The number of hydrogen-bond acceptors (Lipinski definition) is 0. The third-order valence-electron chi connectivity index (χ3n) is 2.46. The lowest BCUT2D eigenvalue weighted by molar-refractivity contribution is 0.445. The molecule has 0 aliphatic rings. The second-order valence-corrected chi connectivity index (χ2v) is 5.56. The fourth-order valence-corrected chi connectivity index (χ4v) is 2.44. The zero-order valence-electron chi connectivity index (χ0n) is 9.34. The highest BCUT2D eigenvalue weighted by Crippen LogP contribution is 2.20. The Kier molecular flexibility index (Phi) is 5.70. The minimum Gasteiger partial charge on any atom is -0.0925 e. The summed E-state index contributed by atoms with van der Waals surface area (Å²) in [6.07, 6.45) is 2.41. The van der Waals surface area contributed by atoms with Crippen molar-refractivity contribution in [2.24, 2.45) is 11.8 Å². The van der Waals surface area contributed by atoms with Crippen LogP contribution >= 0.6 is 27.5 Å². The van der Waals surface area contributed by atoms with Crippen molar-refractivity contribution in [3.05, 3.63) is 34.9 Å². The van der Waals surface area contributed by atoms with Gasteiger partial charge >= 0.3 is 0 Å². The maximum Gasteiger partial charge on any atom is 0.0406 e. The van der Waals surface area contributed by atoms with E-state index in [1.165, 1.54) is 12.0 Å². The van der Waals surface area contributed by atoms with Gasteiger partial charge in [-0.1, -0.05) is 53.5 Å². The molecule has 0 aliphatic carbocycles. The molecule has 1 aromatic carbocycles. The lowest BCUT2D eigenvalue weighted by Crippen LogP contribution is -2.09. The van der Waals surface area contributed by atoms with E-state index >= 15 is 0 Å². The predicted molar refractivity (Wildman–Crippen MR) is 71.9 cm³/mol. The molecule has 15 heavy (non-hydrogen) atoms. The number of halogens is 2. The van der Waals surface area contributed by atoms with Crippen molar-refractivity contribution in [2.45, 2.75) is 26.7 Å². The molecule has 0 fully saturated rings. The zero-order chi connectivity index (χ0) is 11.3. The summed E-state index contributed by atoms with van der Waals surface area (Å²) >= 11 is 9.45. The number of benzene rings is 1. The Morgan fingerprint density at radius 3 is 2.27 bits per heavy atom. The molecule has 0 bridgehead atoms. The number of hydrogen-bond donors (Lipinski definition) is 0. The second kappa shape index (κ2) is 6.55. The summed E-state index contributed by atoms with van der Waals surface area (Å²) in [4.78, 5) is 0. The summed E-state index contributed by atoms with van der Waals surface area (Å²) in [5.41, 5.74) is 1.38. The topological polar surface area (TPSA) is 0 Å². The number of rotatable bonds is 5. The van der Waals surface area contributed by atoms with Crippen LogP contribution in [0.1, 0.15) is 25.8 Å². The lowest BCUT2D eigenvalue weighted by atomic mass is 9.93. The molecule has 0 spiro atoms. The summed E-state index contributed by atoms with van der Waals surface area (Å²) < 4.78 is 0. The summed E-state index contributed by atoms with van der Waals surface area (Å²) in [5, 5.41) is 1.89. The first-order chi connectivity index (χ1) is 7.11. The van der Waals surface area contributed by atoms with E-state index in [1.807, 2.05) is 12.1 Å². The summed E-state index contributed by atoms with van der Waals surface area (Å²) in [6.45, 7) is 4.55. The average molecular weight is 290 g/mol. The molecule has 1 unspecified atom stereocenters. The van der Waals surface area contributed by atoms with Gasteiger partial charge in [-0.15, -0.1) is 0 Å². The summed E-state index contributed by atoms with van der Waals surface area (Å²) in [6, 6.07) is 8.19. The van der Waals surface area contributed by atoms with Crippen molar-refractivity contribution in [2.75, 3.05) is 5.33 Å². The number of alkyl halides is 1. The molecule has 0 saturated carbocycles. The Morgan fingerprint density at radius 1 is 1.20 bits per heavy atom. The first kappa shape index (κ1) is 13.1. The van der Waals surface area contributed by atoms with Gasteiger partial charge in [-0.25, -0.2) is 0 Å². The zero-order valence-corrected chi connectivity index (χ0v) is 11.7. The van der Waals surface area contributed by atoms with Crippen molar-refractivity contribution >= 4 is 27.5 Å². The summed E-state index contributed by atoms with van der Waals surface area (Å²) in [7, 11) is 0. The highest BCUT2D eigenvalue weighted by atomic mass is 79.9. The first-order valence-corrected chi connectivity index (χ1v) is 6.92. The lowest BCUT2D eigenvalue weighted by Gasteiger charge is -2.16. The Hall–Kier alpha value is -0.0100. The molecular formula is C13H18BrCl. The Morgan fingerprint density at radius 2 is 1.80 bits per heavy atom. The van der Waals surface area contributed by atoms with E-state index in [1.54, 1.807) is 0 Å². The molecular weight excluding hydrogens is 272 g/mol. The molecule has 0 radical (unpaired) electrons. The second-order valence-electron chi connectivity index (χ2n) is 4.48. The van der Waals surface area contributed by atoms with Gasteiger partial charge in [-0.2, -0.15) is 0 Å². The van der Waals surface area contributed by atoms with Gasteiger partial charge in [0.05, 0.1) is 0 Å². The molecule has 0 aliphatic heterocycles. The maximum absolute atomic E-state index is 5.86. The molecule has 1 atom stereocenters. The van der Waals surface area contributed by atoms with Gasteiger partial charge < -0.3 is 0 Å². The van der Waals surface area contributed by atoms with Gasteiger partial charge in [0.25, 0.3) is 0 Å². The first-order valence-electron chi connectivity index (χ1n) is 5.42. The normalized spacial score (nSPS) is 13.1. The van der Waals surface area contributed by atoms with Gasteiger partial charge in [-0.05, 0) is 42.4 Å². The van der Waals surface area contributed by atoms with Crippen LogP contribution in [0.15, 0.2) is 24.3 Å². The molecule has 0 aromatic heterocycles. The summed E-state index contributed by atoms with van der Waals surface area (Å²) in [5.74, 6) is 1.49. The van der Waals surface area contributed by atoms with E-state index in [2.05, 4.69) is 41.9 Å². The van der Waals surface area contributed by atoms with E-state index in [0.717, 1.165) is 28.6 Å². The van der Waals surface area contributed by atoms with Crippen molar-refractivity contribution in [3.63, 3.8) is 0 Å². The van der Waals surface area contributed by atoms with Crippen LogP contribution in [0.25, 0.3) is 0 Å². The molecule has 2 heteroatoms. The maximum atomic E-state index is 5.86. The van der Waals surface area contributed by atoms with Crippen LogP contribution in [0.4, 0.5) is 0 Å². The molecule has 0 heterocycles. The third-order valence-corrected chi connectivity index (χ3v) is 3.63. The monoisotopic (exact) mass is 288 g/mol. The Balaban J connectivity index is 2.54. The van der Waals surface area contributed by atoms with Crippen LogP contribution in [0.5, 0.6) is 0 Å². The van der Waals surface area contributed by atoms with Crippen molar-refractivity contribution < 1.29 is 0 Å². The van der Waals surface area contributed by atoms with Gasteiger partial charge in [0.1, 0.15) is 0 Å². The van der Waals surface area contributed by atoms with Gasteiger partial charge in [0, 0.05) is 10.4 Å². The molecule has 0 saturated heterocycles. The molecule has 0 nitrogen and oxygen atoms in total. The molecule has 0 amide bonds. The SMILES string of the molecule is CC(C)CC(CBr)Cc1ccc(Cl)cc1. The highest BCUT2D eigenvalue weighted by Gasteiger charge is 2.10. The van der Waals surface area contributed by atoms with Crippen LogP contribution < -0.4 is 0 Å². The van der Waals surface area contributed by atoms with Crippen LogP contribution in [0.3, 0.4) is 0 Å². The molecule has 0 N–H and O–H groups in total. The van der Waals surface area contributed by atoms with Gasteiger partial charge in [0.15, 0.2) is 0 Å². The standard InChI is InChI=1S/C13H18BrCl/c1-10(2)7-12(9-14)8-11-3-5-13(15)6-4-11/h3-6,10,12H,7-9H2,1-2H3. The Labute approximate surface area is 106 Å². The smallest absolute Gasteiger partial charge is 0.0406 e. The Bertz CT molecular complexity index is 279. The quantitative estimate of drug-likeness (QED) is 0.674. The fraction of sp³-hybridized carbons (Fsp3) is 0.538. The van der Waals surface area contributed by atoms with Gasteiger partial charge in [-0.3, -0.25) is 0 Å². The van der Waals surface area contributed by atoms with E-state index in [-0.39, 0.29) is 0 Å². The van der Waals surface area contributed by atoms with Crippen LogP contribution in [-0.4, -0.2) is 5.33 Å². The molecule has 1 aromatic rings. The van der Waals surface area contributed by atoms with Crippen molar-refractivity contribution in [1.82, 2.24) is 0 Å². The van der Waals surface area contributed by atoms with Crippen molar-refractivity contribution in [1.29, 1.82) is 0 Å². The van der Waals surface area contributed by atoms with E-state index in [0.29, 0.717) is 0 Å². The largest absolute Gasteiger partial charge is 0.0925 e.